The summed E-state index contributed by atoms with van der Waals surface area (Å²) < 4.78 is 5.09. The molecule has 4 nitrogen and oxygen atoms in total. The molecule has 3 N–H and O–H groups in total. The van der Waals surface area contributed by atoms with E-state index in [9.17, 15) is 4.79 Å². The minimum absolute atomic E-state index is 0.000278. The summed E-state index contributed by atoms with van der Waals surface area (Å²) >= 11 is 0. The molecule has 0 aromatic heterocycles. The number of benzene rings is 2. The van der Waals surface area contributed by atoms with Crippen LogP contribution in [0.3, 0.4) is 0 Å². The third-order valence-corrected chi connectivity index (χ3v) is 2.90. The molecular weight excluding hydrogens is 240 g/mol. The number of hydrazine groups is 1. The number of hydrogen-bond acceptors (Lipinski definition) is 3. The third-order valence-electron chi connectivity index (χ3n) is 2.90. The molecule has 2 aromatic carbocycles. The zero-order valence-corrected chi connectivity index (χ0v) is 10.5. The summed E-state index contributed by atoms with van der Waals surface area (Å²) in [5.41, 5.74) is 4.15. The van der Waals surface area contributed by atoms with Crippen molar-refractivity contribution in [2.75, 3.05) is 6.61 Å². The monoisotopic (exact) mass is 256 g/mol. The molecule has 0 fully saturated rings. The van der Waals surface area contributed by atoms with Crippen LogP contribution in [0.4, 0.5) is 4.79 Å². The van der Waals surface area contributed by atoms with Crippen molar-refractivity contribution in [3.05, 3.63) is 71.8 Å². The molecule has 0 bridgehead atoms. The van der Waals surface area contributed by atoms with Crippen molar-refractivity contribution in [3.8, 4) is 0 Å². The van der Waals surface area contributed by atoms with Crippen LogP contribution in [0.25, 0.3) is 0 Å². The lowest BCUT2D eigenvalue weighted by Gasteiger charge is -2.17. The van der Waals surface area contributed by atoms with Gasteiger partial charge >= 0.3 is 6.09 Å². The maximum atomic E-state index is 11.1. The van der Waals surface area contributed by atoms with E-state index in [-0.39, 0.29) is 12.5 Å². The fourth-order valence-corrected chi connectivity index (χ4v) is 1.96. The number of nitrogens with one attached hydrogen (secondary N) is 1. The summed E-state index contributed by atoms with van der Waals surface area (Å²) in [5.74, 6) is 5.01. The number of carbonyl (C=O) groups is 1. The lowest BCUT2D eigenvalue weighted by atomic mass is 9.92. The Balaban J connectivity index is 2.21. The summed E-state index contributed by atoms with van der Waals surface area (Å²) in [6.45, 7) is 0.247. The van der Waals surface area contributed by atoms with Gasteiger partial charge < -0.3 is 4.74 Å². The fourth-order valence-electron chi connectivity index (χ4n) is 1.96. The van der Waals surface area contributed by atoms with Gasteiger partial charge in [-0.25, -0.2) is 10.6 Å². The largest absolute Gasteiger partial charge is 0.448 e. The minimum atomic E-state index is -0.628. The second-order valence-corrected chi connectivity index (χ2v) is 4.12. The van der Waals surface area contributed by atoms with E-state index < -0.39 is 6.09 Å². The molecule has 2 aromatic rings. The Labute approximate surface area is 112 Å². The molecule has 2 rings (SSSR count). The summed E-state index contributed by atoms with van der Waals surface area (Å²) in [6.07, 6.45) is -0.628. The average molecular weight is 256 g/mol. The maximum absolute atomic E-state index is 11.1. The highest BCUT2D eigenvalue weighted by atomic mass is 16.6. The summed E-state index contributed by atoms with van der Waals surface area (Å²) in [6, 6.07) is 19.8. The quantitative estimate of drug-likeness (QED) is 0.501. The smallest absolute Gasteiger partial charge is 0.421 e. The van der Waals surface area contributed by atoms with Crippen LogP contribution in [0.5, 0.6) is 0 Å². The van der Waals surface area contributed by atoms with Crippen molar-refractivity contribution >= 4 is 6.09 Å². The molecule has 0 aliphatic heterocycles. The van der Waals surface area contributed by atoms with Crippen LogP contribution in [0, 0.1) is 0 Å². The predicted octanol–water partition coefficient (Wildman–Crippen LogP) is 2.42. The van der Waals surface area contributed by atoms with Crippen molar-refractivity contribution in [1.29, 1.82) is 0 Å². The van der Waals surface area contributed by atoms with Gasteiger partial charge in [0, 0.05) is 5.92 Å². The van der Waals surface area contributed by atoms with Gasteiger partial charge in [-0.2, -0.15) is 0 Å². The van der Waals surface area contributed by atoms with Crippen molar-refractivity contribution in [3.63, 3.8) is 0 Å². The van der Waals surface area contributed by atoms with Gasteiger partial charge in [-0.05, 0) is 11.1 Å². The van der Waals surface area contributed by atoms with Gasteiger partial charge in [0.25, 0.3) is 0 Å². The second-order valence-electron chi connectivity index (χ2n) is 4.12. The molecule has 0 unspecified atom stereocenters. The first-order valence-corrected chi connectivity index (χ1v) is 6.04. The van der Waals surface area contributed by atoms with Crippen LogP contribution in [0.15, 0.2) is 60.7 Å². The summed E-state index contributed by atoms with van der Waals surface area (Å²) in [7, 11) is 0. The third kappa shape index (κ3) is 3.56. The molecule has 0 aliphatic carbocycles. The normalized spacial score (nSPS) is 10.2. The molecule has 1 amide bonds. The van der Waals surface area contributed by atoms with E-state index in [4.69, 9.17) is 10.6 Å². The molecule has 19 heavy (non-hydrogen) atoms. The molecule has 0 saturated carbocycles. The molecule has 0 saturated heterocycles. The first kappa shape index (κ1) is 13.1. The number of carbonyl (C=O) groups excluding carboxylic acids is 1. The Hall–Kier alpha value is -2.33. The van der Waals surface area contributed by atoms with Gasteiger partial charge in [0.1, 0.15) is 6.61 Å². The standard InChI is InChI=1S/C15H16N2O2/c16-17-15(18)19-11-14(12-7-3-1-4-8-12)13-9-5-2-6-10-13/h1-10,14H,11,16H2,(H,17,18). The zero-order chi connectivity index (χ0) is 13.5. The highest BCUT2D eigenvalue weighted by molar-refractivity contribution is 5.66. The Morgan fingerprint density at radius 2 is 1.47 bits per heavy atom. The second kappa shape index (κ2) is 6.56. The maximum Gasteiger partial charge on any atom is 0.421 e. The van der Waals surface area contributed by atoms with Crippen molar-refractivity contribution in [2.24, 2.45) is 5.84 Å². The van der Waals surface area contributed by atoms with Gasteiger partial charge in [-0.15, -0.1) is 0 Å². The molecular formula is C15H16N2O2. The summed E-state index contributed by atoms with van der Waals surface area (Å²) in [4.78, 5) is 11.1. The van der Waals surface area contributed by atoms with Crippen LogP contribution in [0.2, 0.25) is 0 Å². The molecule has 0 heterocycles. The zero-order valence-electron chi connectivity index (χ0n) is 10.5. The SMILES string of the molecule is NNC(=O)OCC(c1ccccc1)c1ccccc1. The van der Waals surface area contributed by atoms with Gasteiger partial charge in [-0.1, -0.05) is 60.7 Å². The number of ether oxygens (including phenoxy) is 1. The number of rotatable bonds is 4. The molecule has 98 valence electrons. The number of hydrogen-bond donors (Lipinski definition) is 2. The lowest BCUT2D eigenvalue weighted by molar-refractivity contribution is 0.143. The van der Waals surface area contributed by atoms with Gasteiger partial charge in [0.2, 0.25) is 0 Å². The van der Waals surface area contributed by atoms with Gasteiger partial charge in [0.05, 0.1) is 0 Å². The van der Waals surface area contributed by atoms with E-state index in [1.165, 1.54) is 0 Å². The Morgan fingerprint density at radius 1 is 1.00 bits per heavy atom. The lowest BCUT2D eigenvalue weighted by Crippen LogP contribution is -2.31. The predicted molar refractivity (Wildman–Crippen MR) is 73.4 cm³/mol. The summed E-state index contributed by atoms with van der Waals surface area (Å²) in [5, 5.41) is 0. The van der Waals surface area contributed by atoms with Crippen LogP contribution >= 0.6 is 0 Å². The van der Waals surface area contributed by atoms with E-state index in [1.54, 1.807) is 0 Å². The van der Waals surface area contributed by atoms with Crippen molar-refractivity contribution in [1.82, 2.24) is 5.43 Å². The van der Waals surface area contributed by atoms with Gasteiger partial charge in [-0.3, -0.25) is 5.43 Å². The molecule has 0 aliphatic rings. The van der Waals surface area contributed by atoms with E-state index in [2.05, 4.69) is 0 Å². The van der Waals surface area contributed by atoms with Crippen molar-refractivity contribution < 1.29 is 9.53 Å². The van der Waals surface area contributed by atoms with E-state index in [0.717, 1.165) is 11.1 Å². The first-order chi connectivity index (χ1) is 9.31. The van der Waals surface area contributed by atoms with E-state index >= 15 is 0 Å². The highest BCUT2D eigenvalue weighted by Gasteiger charge is 2.15. The molecule has 0 atom stereocenters. The highest BCUT2D eigenvalue weighted by Crippen LogP contribution is 2.24. The Bertz CT molecular complexity index is 475. The van der Waals surface area contributed by atoms with Crippen LogP contribution in [-0.2, 0) is 4.74 Å². The Kier molecular flexibility index (Phi) is 4.53. The van der Waals surface area contributed by atoms with E-state index in [1.807, 2.05) is 66.1 Å². The minimum Gasteiger partial charge on any atom is -0.448 e. The van der Waals surface area contributed by atoms with Crippen LogP contribution < -0.4 is 11.3 Å². The number of nitrogens with two attached hydrogens (primary N) is 1. The van der Waals surface area contributed by atoms with Crippen LogP contribution in [0.1, 0.15) is 17.0 Å². The molecule has 4 heteroatoms. The average Bonchev–Trinajstić information content (AvgIpc) is 2.49. The van der Waals surface area contributed by atoms with Crippen molar-refractivity contribution in [2.45, 2.75) is 5.92 Å². The Morgan fingerprint density at radius 3 is 1.89 bits per heavy atom. The molecule has 0 spiro atoms. The van der Waals surface area contributed by atoms with Gasteiger partial charge in [0.15, 0.2) is 0 Å². The fraction of sp³-hybridized carbons (Fsp3) is 0.133. The first-order valence-electron chi connectivity index (χ1n) is 6.04. The van der Waals surface area contributed by atoms with Crippen LogP contribution in [-0.4, -0.2) is 12.7 Å². The number of amides is 1. The topological polar surface area (TPSA) is 64.3 Å². The molecule has 0 radical (unpaired) electrons. The van der Waals surface area contributed by atoms with E-state index in [0.29, 0.717) is 0 Å².